The van der Waals surface area contributed by atoms with Crippen molar-refractivity contribution >= 4 is 8.58 Å². The Hall–Kier alpha value is 0.430. The summed E-state index contributed by atoms with van der Waals surface area (Å²) in [7, 11) is 1.23. The standard InChI is InChI=1S/C11H25P/c1-3-5-6-7-8-9-10-11-12-4-2/h12H,3-11H2,1-2H3. The van der Waals surface area contributed by atoms with Gasteiger partial charge in [-0.25, -0.2) is 0 Å². The minimum atomic E-state index is 1.23. The monoisotopic (exact) mass is 188 g/mol. The molecule has 0 saturated carbocycles. The van der Waals surface area contributed by atoms with Crippen LogP contribution in [0.3, 0.4) is 0 Å². The highest BCUT2D eigenvalue weighted by molar-refractivity contribution is 7.37. The van der Waals surface area contributed by atoms with Gasteiger partial charge >= 0.3 is 0 Å². The molecule has 0 aliphatic carbocycles. The first-order valence-corrected chi connectivity index (χ1v) is 7.04. The maximum absolute atomic E-state index is 2.29. The summed E-state index contributed by atoms with van der Waals surface area (Å²) in [6.07, 6.45) is 13.1. The molecular formula is C11H25P. The van der Waals surface area contributed by atoms with Crippen LogP contribution in [0.5, 0.6) is 0 Å². The summed E-state index contributed by atoms with van der Waals surface area (Å²) in [5.74, 6) is 0. The second-order valence-electron chi connectivity index (χ2n) is 3.47. The lowest BCUT2D eigenvalue weighted by Crippen LogP contribution is -1.81. The molecule has 0 N–H and O–H groups in total. The first-order chi connectivity index (χ1) is 5.91. The third-order valence-electron chi connectivity index (χ3n) is 2.21. The Balaban J connectivity index is 2.73. The van der Waals surface area contributed by atoms with Gasteiger partial charge in [0.05, 0.1) is 0 Å². The number of unbranched alkanes of at least 4 members (excludes halogenated alkanes) is 6. The van der Waals surface area contributed by atoms with Crippen molar-refractivity contribution in [3.63, 3.8) is 0 Å². The fourth-order valence-corrected chi connectivity index (χ4v) is 2.24. The second-order valence-corrected chi connectivity index (χ2v) is 5.18. The highest BCUT2D eigenvalue weighted by Gasteiger charge is 1.89. The first-order valence-electron chi connectivity index (χ1n) is 5.62. The molecule has 0 fully saturated rings. The molecular weight excluding hydrogens is 163 g/mol. The molecule has 0 amide bonds. The zero-order valence-electron chi connectivity index (χ0n) is 8.86. The van der Waals surface area contributed by atoms with E-state index in [1.807, 2.05) is 0 Å². The Bertz CT molecular complexity index is 61.4. The van der Waals surface area contributed by atoms with Crippen molar-refractivity contribution in [2.24, 2.45) is 0 Å². The number of rotatable bonds is 9. The average Bonchev–Trinajstić information content (AvgIpc) is 2.10. The average molecular weight is 188 g/mol. The summed E-state index contributed by atoms with van der Waals surface area (Å²) in [6, 6.07) is 0. The number of hydrogen-bond acceptors (Lipinski definition) is 0. The predicted molar refractivity (Wildman–Crippen MR) is 61.7 cm³/mol. The molecule has 1 heteroatoms. The molecule has 0 aliphatic heterocycles. The summed E-state index contributed by atoms with van der Waals surface area (Å²) in [6.45, 7) is 4.57. The van der Waals surface area contributed by atoms with Crippen LogP contribution in [0, 0.1) is 0 Å². The van der Waals surface area contributed by atoms with Crippen LogP contribution in [0.4, 0.5) is 0 Å². The summed E-state index contributed by atoms with van der Waals surface area (Å²) < 4.78 is 0. The molecule has 74 valence electrons. The minimum Gasteiger partial charge on any atom is -0.122 e. The molecule has 0 nitrogen and oxygen atoms in total. The quantitative estimate of drug-likeness (QED) is 0.371. The lowest BCUT2D eigenvalue weighted by molar-refractivity contribution is 0.603. The highest BCUT2D eigenvalue weighted by Crippen LogP contribution is 2.13. The summed E-state index contributed by atoms with van der Waals surface area (Å²) >= 11 is 0. The maximum Gasteiger partial charge on any atom is -0.0354 e. The van der Waals surface area contributed by atoms with Crippen molar-refractivity contribution in [2.45, 2.75) is 58.8 Å². The van der Waals surface area contributed by atoms with Crippen LogP contribution in [-0.4, -0.2) is 12.3 Å². The van der Waals surface area contributed by atoms with E-state index in [9.17, 15) is 0 Å². The van der Waals surface area contributed by atoms with Crippen LogP contribution >= 0.6 is 8.58 Å². The summed E-state index contributed by atoms with van der Waals surface area (Å²) in [4.78, 5) is 0. The van der Waals surface area contributed by atoms with E-state index < -0.39 is 0 Å². The molecule has 0 aliphatic rings. The highest BCUT2D eigenvalue weighted by atomic mass is 31.1. The first kappa shape index (κ1) is 12.4. The summed E-state index contributed by atoms with van der Waals surface area (Å²) in [5.41, 5.74) is 0. The van der Waals surface area contributed by atoms with Gasteiger partial charge < -0.3 is 0 Å². The lowest BCUT2D eigenvalue weighted by Gasteiger charge is -2.00. The fourth-order valence-electron chi connectivity index (χ4n) is 1.38. The van der Waals surface area contributed by atoms with E-state index in [0.29, 0.717) is 0 Å². The molecule has 0 radical (unpaired) electrons. The van der Waals surface area contributed by atoms with Crippen molar-refractivity contribution in [1.29, 1.82) is 0 Å². The van der Waals surface area contributed by atoms with E-state index in [1.54, 1.807) is 0 Å². The van der Waals surface area contributed by atoms with E-state index in [2.05, 4.69) is 13.8 Å². The van der Waals surface area contributed by atoms with E-state index in [0.717, 1.165) is 0 Å². The van der Waals surface area contributed by atoms with Crippen LogP contribution in [0.1, 0.15) is 58.8 Å². The molecule has 0 saturated heterocycles. The molecule has 0 spiro atoms. The third kappa shape index (κ3) is 10.4. The van der Waals surface area contributed by atoms with Crippen LogP contribution in [0.2, 0.25) is 0 Å². The molecule has 0 heterocycles. The molecule has 12 heavy (non-hydrogen) atoms. The van der Waals surface area contributed by atoms with E-state index in [1.165, 1.54) is 65.9 Å². The zero-order valence-corrected chi connectivity index (χ0v) is 9.86. The third-order valence-corrected chi connectivity index (χ3v) is 3.41. The number of hydrogen-bond donors (Lipinski definition) is 0. The van der Waals surface area contributed by atoms with Gasteiger partial charge in [0, 0.05) is 0 Å². The van der Waals surface area contributed by atoms with Gasteiger partial charge in [0.2, 0.25) is 0 Å². The molecule has 1 unspecified atom stereocenters. The van der Waals surface area contributed by atoms with Crippen molar-refractivity contribution in [1.82, 2.24) is 0 Å². The summed E-state index contributed by atoms with van der Waals surface area (Å²) in [5, 5.41) is 0. The van der Waals surface area contributed by atoms with E-state index >= 15 is 0 Å². The predicted octanol–water partition coefficient (Wildman–Crippen LogP) is 4.44. The maximum atomic E-state index is 2.29. The molecule has 0 rings (SSSR count). The Labute approximate surface area is 80.3 Å². The van der Waals surface area contributed by atoms with Crippen LogP contribution < -0.4 is 0 Å². The van der Waals surface area contributed by atoms with Gasteiger partial charge in [0.15, 0.2) is 0 Å². The minimum absolute atomic E-state index is 1.23. The SMILES string of the molecule is CCCCCCCCCPCC. The zero-order chi connectivity index (χ0) is 9.07. The van der Waals surface area contributed by atoms with Gasteiger partial charge in [-0.05, 0) is 18.7 Å². The van der Waals surface area contributed by atoms with Gasteiger partial charge in [0.25, 0.3) is 0 Å². The van der Waals surface area contributed by atoms with Crippen molar-refractivity contribution < 1.29 is 0 Å². The lowest BCUT2D eigenvalue weighted by atomic mass is 10.1. The normalized spacial score (nSPS) is 11.5. The topological polar surface area (TPSA) is 0 Å². The Morgan fingerprint density at radius 3 is 1.92 bits per heavy atom. The largest absolute Gasteiger partial charge is 0.122 e. The van der Waals surface area contributed by atoms with E-state index in [4.69, 9.17) is 0 Å². The Morgan fingerprint density at radius 2 is 1.33 bits per heavy atom. The van der Waals surface area contributed by atoms with Crippen LogP contribution in [-0.2, 0) is 0 Å². The van der Waals surface area contributed by atoms with Crippen molar-refractivity contribution in [3.05, 3.63) is 0 Å². The van der Waals surface area contributed by atoms with Gasteiger partial charge in [-0.15, -0.1) is 8.58 Å². The molecule has 0 aromatic rings. The molecule has 0 aromatic carbocycles. The van der Waals surface area contributed by atoms with Gasteiger partial charge in [-0.1, -0.05) is 52.4 Å². The molecule has 0 aromatic heterocycles. The smallest absolute Gasteiger partial charge is 0.0354 e. The molecule has 1 atom stereocenters. The second kappa shape index (κ2) is 11.4. The van der Waals surface area contributed by atoms with E-state index in [-0.39, 0.29) is 0 Å². The van der Waals surface area contributed by atoms with Gasteiger partial charge in [-0.3, -0.25) is 0 Å². The Morgan fingerprint density at radius 1 is 0.750 bits per heavy atom. The van der Waals surface area contributed by atoms with Crippen LogP contribution in [0.25, 0.3) is 0 Å². The van der Waals surface area contributed by atoms with Gasteiger partial charge in [0.1, 0.15) is 0 Å². The van der Waals surface area contributed by atoms with Crippen LogP contribution in [0.15, 0.2) is 0 Å². The van der Waals surface area contributed by atoms with Gasteiger partial charge in [-0.2, -0.15) is 0 Å². The van der Waals surface area contributed by atoms with Crippen molar-refractivity contribution in [3.8, 4) is 0 Å². The fraction of sp³-hybridized carbons (Fsp3) is 1.00. The molecule has 0 bridgehead atoms. The van der Waals surface area contributed by atoms with Crippen molar-refractivity contribution in [2.75, 3.05) is 12.3 Å². The Kier molecular flexibility index (Phi) is 11.8.